The summed E-state index contributed by atoms with van der Waals surface area (Å²) in [5.41, 5.74) is 6.58. The summed E-state index contributed by atoms with van der Waals surface area (Å²) in [5, 5.41) is 24.1. The Balaban J connectivity index is 1.73. The van der Waals surface area contributed by atoms with Crippen molar-refractivity contribution in [3.05, 3.63) is 107 Å². The predicted molar refractivity (Wildman–Crippen MR) is 132 cm³/mol. The van der Waals surface area contributed by atoms with E-state index in [1.54, 1.807) is 6.07 Å². The van der Waals surface area contributed by atoms with Crippen molar-refractivity contribution in [3.8, 4) is 17.8 Å². The van der Waals surface area contributed by atoms with E-state index in [0.29, 0.717) is 23.0 Å². The molecule has 152 valence electrons. The Labute approximate surface area is 190 Å². The first-order valence-electron chi connectivity index (χ1n) is 11.1. The molecule has 1 heterocycles. The molecule has 3 nitrogen and oxygen atoms in total. The number of fused-ring (bicyclic) bond motifs is 10. The topological polar surface area (TPSA) is 52.5 Å². The lowest BCUT2D eigenvalue weighted by molar-refractivity contribution is 0.641. The third kappa shape index (κ3) is 2.26. The number of rotatable bonds is 1. The summed E-state index contributed by atoms with van der Waals surface area (Å²) in [6.45, 7) is 0. The predicted octanol–water partition coefficient (Wildman–Crippen LogP) is 6.98. The van der Waals surface area contributed by atoms with Gasteiger partial charge < -0.3 is 4.57 Å². The molecule has 5 aromatic rings. The Hall–Kier alpha value is -4.60. The largest absolute Gasteiger partial charge is 0.309 e. The minimum absolute atomic E-state index is 0.390. The quantitative estimate of drug-likeness (QED) is 0.275. The molecule has 7 rings (SSSR count). The second kappa shape index (κ2) is 6.45. The standard InChI is InChI=1S/C30H17N3/c31-16-19-9-12-21(15-20(19)17-32)33-27-8-4-3-7-25(27)29-24-6-2-1-5-23(24)28-22-13-10-18(22)11-14-26(28)30(29)33/h1-15,18,22H/t18-,22?/m0/s1. The van der Waals surface area contributed by atoms with Gasteiger partial charge in [0.15, 0.2) is 0 Å². The minimum atomic E-state index is 0.390. The lowest BCUT2D eigenvalue weighted by atomic mass is 9.70. The fourth-order valence-electron chi connectivity index (χ4n) is 5.66. The van der Waals surface area contributed by atoms with Gasteiger partial charge in [-0.2, -0.15) is 10.5 Å². The van der Waals surface area contributed by atoms with Crippen molar-refractivity contribution in [2.45, 2.75) is 5.92 Å². The second-order valence-electron chi connectivity index (χ2n) is 8.75. The molecule has 0 bridgehead atoms. The normalized spacial score (nSPS) is 18.0. The Morgan fingerprint density at radius 3 is 2.24 bits per heavy atom. The lowest BCUT2D eigenvalue weighted by Gasteiger charge is -2.34. The molecule has 0 aliphatic heterocycles. The van der Waals surface area contributed by atoms with Gasteiger partial charge >= 0.3 is 0 Å². The Kier molecular flexibility index (Phi) is 3.52. The van der Waals surface area contributed by atoms with E-state index in [4.69, 9.17) is 0 Å². The SMILES string of the molecule is N#Cc1ccc(-n2c3ccccc3c3c4ccccc4c4c(c32)C=C[C@@H]2C=CC42)cc1C#N. The van der Waals surface area contributed by atoms with E-state index in [-0.39, 0.29) is 0 Å². The summed E-state index contributed by atoms with van der Waals surface area (Å²) in [7, 11) is 0. The monoisotopic (exact) mass is 419 g/mol. The van der Waals surface area contributed by atoms with Crippen LogP contribution in [0, 0.1) is 28.6 Å². The number of hydrogen-bond acceptors (Lipinski definition) is 2. The molecule has 0 saturated carbocycles. The zero-order chi connectivity index (χ0) is 22.1. The Morgan fingerprint density at radius 1 is 0.727 bits per heavy atom. The van der Waals surface area contributed by atoms with Gasteiger partial charge in [0.1, 0.15) is 12.1 Å². The van der Waals surface area contributed by atoms with Crippen molar-refractivity contribution in [2.75, 3.05) is 0 Å². The van der Waals surface area contributed by atoms with Gasteiger partial charge in [-0.15, -0.1) is 0 Å². The average molecular weight is 419 g/mol. The number of benzene rings is 4. The second-order valence-corrected chi connectivity index (χ2v) is 8.75. The maximum Gasteiger partial charge on any atom is 0.101 e. The summed E-state index contributed by atoms with van der Waals surface area (Å²) >= 11 is 0. The number of nitrogens with zero attached hydrogens (tertiary/aromatic N) is 3. The van der Waals surface area contributed by atoms with Crippen LogP contribution >= 0.6 is 0 Å². The third-order valence-corrected chi connectivity index (χ3v) is 7.18. The first-order chi connectivity index (χ1) is 16.3. The lowest BCUT2D eigenvalue weighted by Crippen LogP contribution is -2.19. The smallest absolute Gasteiger partial charge is 0.101 e. The van der Waals surface area contributed by atoms with Crippen LogP contribution in [0.5, 0.6) is 0 Å². The third-order valence-electron chi connectivity index (χ3n) is 7.18. The number of allylic oxidation sites excluding steroid dienone is 3. The molecule has 1 unspecified atom stereocenters. The molecule has 0 saturated heterocycles. The van der Waals surface area contributed by atoms with Crippen LogP contribution < -0.4 is 0 Å². The van der Waals surface area contributed by atoms with Gasteiger partial charge in [-0.25, -0.2) is 0 Å². The van der Waals surface area contributed by atoms with Crippen molar-refractivity contribution in [1.82, 2.24) is 4.57 Å². The van der Waals surface area contributed by atoms with Crippen LogP contribution in [-0.2, 0) is 0 Å². The van der Waals surface area contributed by atoms with Crippen LogP contribution in [0.1, 0.15) is 28.2 Å². The summed E-state index contributed by atoms with van der Waals surface area (Å²) in [4.78, 5) is 0. The molecular formula is C30H17N3. The fourth-order valence-corrected chi connectivity index (χ4v) is 5.66. The summed E-state index contributed by atoms with van der Waals surface area (Å²) in [5.74, 6) is 0.845. The molecule has 0 amide bonds. The molecule has 2 atom stereocenters. The van der Waals surface area contributed by atoms with E-state index < -0.39 is 0 Å². The Bertz CT molecular complexity index is 1800. The zero-order valence-corrected chi connectivity index (χ0v) is 17.7. The van der Waals surface area contributed by atoms with Gasteiger partial charge in [-0.05, 0) is 40.6 Å². The van der Waals surface area contributed by atoms with Crippen molar-refractivity contribution in [3.63, 3.8) is 0 Å². The van der Waals surface area contributed by atoms with Crippen molar-refractivity contribution in [2.24, 2.45) is 5.92 Å². The van der Waals surface area contributed by atoms with E-state index in [1.807, 2.05) is 12.1 Å². The van der Waals surface area contributed by atoms with Gasteiger partial charge in [0.2, 0.25) is 0 Å². The van der Waals surface area contributed by atoms with Gasteiger partial charge in [0.25, 0.3) is 0 Å². The summed E-state index contributed by atoms with van der Waals surface area (Å²) in [6.07, 6.45) is 9.17. The van der Waals surface area contributed by atoms with Crippen LogP contribution in [0.2, 0.25) is 0 Å². The fraction of sp³-hybridized carbons (Fsp3) is 0.0667. The molecule has 0 spiro atoms. The highest BCUT2D eigenvalue weighted by atomic mass is 15.0. The number of nitriles is 2. The van der Waals surface area contributed by atoms with Crippen LogP contribution in [0.4, 0.5) is 0 Å². The van der Waals surface area contributed by atoms with Crippen LogP contribution in [0.25, 0.3) is 44.3 Å². The van der Waals surface area contributed by atoms with Crippen molar-refractivity contribution < 1.29 is 0 Å². The van der Waals surface area contributed by atoms with Gasteiger partial charge in [-0.1, -0.05) is 66.8 Å². The molecular weight excluding hydrogens is 402 g/mol. The Morgan fingerprint density at radius 2 is 1.48 bits per heavy atom. The maximum absolute atomic E-state index is 9.67. The van der Waals surface area contributed by atoms with Gasteiger partial charge in [0.05, 0.1) is 22.2 Å². The molecule has 0 fully saturated rings. The highest BCUT2D eigenvalue weighted by molar-refractivity contribution is 6.24. The van der Waals surface area contributed by atoms with E-state index >= 15 is 0 Å². The zero-order valence-electron chi connectivity index (χ0n) is 17.7. The molecule has 33 heavy (non-hydrogen) atoms. The minimum Gasteiger partial charge on any atom is -0.309 e. The molecule has 2 aliphatic carbocycles. The van der Waals surface area contributed by atoms with E-state index in [9.17, 15) is 10.5 Å². The summed E-state index contributed by atoms with van der Waals surface area (Å²) in [6, 6.07) is 27.1. The molecule has 0 radical (unpaired) electrons. The molecule has 4 aromatic carbocycles. The van der Waals surface area contributed by atoms with E-state index in [0.717, 1.165) is 16.7 Å². The summed E-state index contributed by atoms with van der Waals surface area (Å²) < 4.78 is 2.27. The van der Waals surface area contributed by atoms with E-state index in [1.165, 1.54) is 32.7 Å². The molecule has 3 heteroatoms. The number of hydrogen-bond donors (Lipinski definition) is 0. The highest BCUT2D eigenvalue weighted by Gasteiger charge is 2.32. The van der Waals surface area contributed by atoms with Crippen LogP contribution in [-0.4, -0.2) is 4.57 Å². The van der Waals surface area contributed by atoms with E-state index in [2.05, 4.69) is 89.5 Å². The first kappa shape index (κ1) is 18.0. The number of para-hydroxylation sites is 1. The first-order valence-corrected chi connectivity index (χ1v) is 11.1. The molecule has 0 N–H and O–H groups in total. The van der Waals surface area contributed by atoms with Gasteiger partial charge in [0, 0.05) is 33.9 Å². The number of aromatic nitrogens is 1. The molecule has 1 aromatic heterocycles. The van der Waals surface area contributed by atoms with Gasteiger partial charge in [-0.3, -0.25) is 0 Å². The average Bonchev–Trinajstić information content (AvgIpc) is 3.19. The van der Waals surface area contributed by atoms with Crippen LogP contribution in [0.3, 0.4) is 0 Å². The van der Waals surface area contributed by atoms with Crippen molar-refractivity contribution in [1.29, 1.82) is 10.5 Å². The van der Waals surface area contributed by atoms with Crippen LogP contribution in [0.15, 0.2) is 85.0 Å². The highest BCUT2D eigenvalue weighted by Crippen LogP contribution is 2.50. The molecule has 2 aliphatic rings. The maximum atomic E-state index is 9.67. The van der Waals surface area contributed by atoms with Crippen molar-refractivity contribution >= 4 is 38.7 Å².